The van der Waals surface area contributed by atoms with Crippen molar-refractivity contribution in [2.75, 3.05) is 19.5 Å². The van der Waals surface area contributed by atoms with Crippen molar-refractivity contribution in [3.05, 3.63) is 88.4 Å². The van der Waals surface area contributed by atoms with Gasteiger partial charge in [0, 0.05) is 29.3 Å². The van der Waals surface area contributed by atoms with Crippen LogP contribution in [0.2, 0.25) is 0 Å². The van der Waals surface area contributed by atoms with Crippen molar-refractivity contribution in [1.29, 1.82) is 0 Å². The highest BCUT2D eigenvalue weighted by atomic mass is 79.9. The molecule has 0 aliphatic rings. The normalized spacial score (nSPS) is 10.3. The van der Waals surface area contributed by atoms with Crippen molar-refractivity contribution in [3.8, 4) is 11.5 Å². The molecule has 6 heteroatoms. The van der Waals surface area contributed by atoms with Crippen molar-refractivity contribution in [2.45, 2.75) is 13.1 Å². The van der Waals surface area contributed by atoms with Crippen LogP contribution in [-0.4, -0.2) is 24.2 Å². The molecule has 3 rings (SSSR count). The number of methoxy groups -OCH3 is 2. The van der Waals surface area contributed by atoms with Gasteiger partial charge >= 0.3 is 0 Å². The standard InChI is InChI=1S/C23H23BrN2O2S/c1-27-21-12-8-18(9-13-21)16-26(15-17-6-10-19(24)11-7-17)23(29)25-20-4-3-5-22(14-20)28-2/h3-14H,15-16H2,1-2H3,(H,25,29). The second-order valence-corrected chi connectivity index (χ2v) is 7.80. The van der Waals surface area contributed by atoms with Gasteiger partial charge in [-0.25, -0.2) is 0 Å². The molecule has 3 aromatic carbocycles. The van der Waals surface area contributed by atoms with E-state index in [1.807, 2.05) is 48.5 Å². The SMILES string of the molecule is COc1ccc(CN(Cc2ccc(Br)cc2)C(=S)Nc2cccc(OC)c2)cc1. The van der Waals surface area contributed by atoms with Crippen LogP contribution in [0.15, 0.2) is 77.3 Å². The van der Waals surface area contributed by atoms with Gasteiger partial charge in [-0.15, -0.1) is 0 Å². The van der Waals surface area contributed by atoms with E-state index >= 15 is 0 Å². The molecule has 0 saturated heterocycles. The first kappa shape index (κ1) is 21.1. The molecule has 150 valence electrons. The minimum atomic E-state index is 0.650. The molecular weight excluding hydrogens is 448 g/mol. The molecule has 3 aromatic rings. The third-order valence-electron chi connectivity index (χ3n) is 4.43. The number of halogens is 1. The Morgan fingerprint density at radius 2 is 1.45 bits per heavy atom. The molecule has 0 amide bonds. The van der Waals surface area contributed by atoms with E-state index in [0.29, 0.717) is 18.2 Å². The predicted octanol–water partition coefficient (Wildman–Crippen LogP) is 5.87. The summed E-state index contributed by atoms with van der Waals surface area (Å²) in [5.41, 5.74) is 3.22. The monoisotopic (exact) mass is 470 g/mol. The smallest absolute Gasteiger partial charge is 0.174 e. The van der Waals surface area contributed by atoms with Crippen molar-refractivity contribution >= 4 is 38.9 Å². The summed E-state index contributed by atoms with van der Waals surface area (Å²) in [5, 5.41) is 3.98. The van der Waals surface area contributed by atoms with Crippen LogP contribution in [0, 0.1) is 0 Å². The third kappa shape index (κ3) is 6.21. The van der Waals surface area contributed by atoms with Gasteiger partial charge in [0.15, 0.2) is 5.11 Å². The van der Waals surface area contributed by atoms with Gasteiger partial charge < -0.3 is 19.7 Å². The van der Waals surface area contributed by atoms with Crippen LogP contribution in [-0.2, 0) is 13.1 Å². The zero-order valence-electron chi connectivity index (χ0n) is 16.4. The number of hydrogen-bond acceptors (Lipinski definition) is 3. The number of nitrogens with one attached hydrogen (secondary N) is 1. The van der Waals surface area contributed by atoms with Crippen molar-refractivity contribution < 1.29 is 9.47 Å². The number of anilines is 1. The molecule has 4 nitrogen and oxygen atoms in total. The van der Waals surface area contributed by atoms with Gasteiger partial charge in [0.2, 0.25) is 0 Å². The lowest BCUT2D eigenvalue weighted by Crippen LogP contribution is -2.33. The zero-order valence-corrected chi connectivity index (χ0v) is 18.8. The van der Waals surface area contributed by atoms with Crippen molar-refractivity contribution in [2.24, 2.45) is 0 Å². The lowest BCUT2D eigenvalue weighted by molar-refractivity contribution is 0.407. The molecule has 0 bridgehead atoms. The molecule has 0 aliphatic carbocycles. The Labute approximate surface area is 185 Å². The van der Waals surface area contributed by atoms with Gasteiger partial charge in [0.05, 0.1) is 14.2 Å². The summed E-state index contributed by atoms with van der Waals surface area (Å²) in [7, 11) is 3.32. The molecule has 0 atom stereocenters. The maximum atomic E-state index is 5.75. The highest BCUT2D eigenvalue weighted by molar-refractivity contribution is 9.10. The Hall–Kier alpha value is -2.57. The van der Waals surface area contributed by atoms with Crippen LogP contribution in [0.5, 0.6) is 11.5 Å². The Kier molecular flexibility index (Phi) is 7.49. The lowest BCUT2D eigenvalue weighted by atomic mass is 10.1. The fraction of sp³-hybridized carbons (Fsp3) is 0.174. The molecule has 0 heterocycles. The van der Waals surface area contributed by atoms with Gasteiger partial charge in [0.25, 0.3) is 0 Å². The van der Waals surface area contributed by atoms with Crippen LogP contribution in [0.1, 0.15) is 11.1 Å². The molecule has 0 radical (unpaired) electrons. The minimum absolute atomic E-state index is 0.650. The van der Waals surface area contributed by atoms with Crippen LogP contribution in [0.25, 0.3) is 0 Å². The molecule has 1 N–H and O–H groups in total. The topological polar surface area (TPSA) is 33.7 Å². The fourth-order valence-electron chi connectivity index (χ4n) is 2.86. The number of benzene rings is 3. The van der Waals surface area contributed by atoms with E-state index in [4.69, 9.17) is 21.7 Å². The summed E-state index contributed by atoms with van der Waals surface area (Å²) >= 11 is 9.24. The van der Waals surface area contributed by atoms with Crippen molar-refractivity contribution in [1.82, 2.24) is 4.90 Å². The second-order valence-electron chi connectivity index (χ2n) is 6.49. The van der Waals surface area contributed by atoms with E-state index in [1.165, 1.54) is 5.56 Å². The second kappa shape index (κ2) is 10.3. The highest BCUT2D eigenvalue weighted by Crippen LogP contribution is 2.20. The molecule has 29 heavy (non-hydrogen) atoms. The lowest BCUT2D eigenvalue weighted by Gasteiger charge is -2.26. The van der Waals surface area contributed by atoms with E-state index in [-0.39, 0.29) is 0 Å². The third-order valence-corrected chi connectivity index (χ3v) is 5.32. The summed E-state index contributed by atoms with van der Waals surface area (Å²) in [4.78, 5) is 2.14. The predicted molar refractivity (Wildman–Crippen MR) is 126 cm³/mol. The number of ether oxygens (including phenoxy) is 2. The van der Waals surface area contributed by atoms with Gasteiger partial charge in [-0.1, -0.05) is 46.3 Å². The fourth-order valence-corrected chi connectivity index (χ4v) is 3.38. The Balaban J connectivity index is 1.79. The van der Waals surface area contributed by atoms with E-state index in [0.717, 1.165) is 27.2 Å². The Bertz CT molecular complexity index is 946. The molecular formula is C23H23BrN2O2S. The van der Waals surface area contributed by atoms with E-state index in [9.17, 15) is 0 Å². The van der Waals surface area contributed by atoms with Gasteiger partial charge in [-0.05, 0) is 59.7 Å². The van der Waals surface area contributed by atoms with Crippen molar-refractivity contribution in [3.63, 3.8) is 0 Å². The summed E-state index contributed by atoms with van der Waals surface area (Å²) < 4.78 is 11.6. The van der Waals surface area contributed by atoms with E-state index < -0.39 is 0 Å². The average molecular weight is 471 g/mol. The first-order valence-electron chi connectivity index (χ1n) is 9.15. The van der Waals surface area contributed by atoms with E-state index in [2.05, 4.69) is 50.4 Å². The molecule has 0 saturated carbocycles. The van der Waals surface area contributed by atoms with Crippen LogP contribution in [0.4, 0.5) is 5.69 Å². The average Bonchev–Trinajstić information content (AvgIpc) is 2.75. The number of thiocarbonyl (C=S) groups is 1. The van der Waals surface area contributed by atoms with Crippen LogP contribution < -0.4 is 14.8 Å². The summed E-state index contributed by atoms with van der Waals surface area (Å²) in [6.45, 7) is 1.37. The minimum Gasteiger partial charge on any atom is -0.497 e. The van der Waals surface area contributed by atoms with Crippen LogP contribution in [0.3, 0.4) is 0 Å². The van der Waals surface area contributed by atoms with Gasteiger partial charge in [-0.3, -0.25) is 0 Å². The van der Waals surface area contributed by atoms with E-state index in [1.54, 1.807) is 14.2 Å². The van der Waals surface area contributed by atoms with Crippen LogP contribution >= 0.6 is 28.1 Å². The molecule has 0 aliphatic heterocycles. The number of hydrogen-bond donors (Lipinski definition) is 1. The Morgan fingerprint density at radius 3 is 2.03 bits per heavy atom. The number of nitrogens with zero attached hydrogens (tertiary/aromatic N) is 1. The first-order chi connectivity index (χ1) is 14.1. The summed E-state index contributed by atoms with van der Waals surface area (Å²) in [6.07, 6.45) is 0. The first-order valence-corrected chi connectivity index (χ1v) is 10.3. The van der Waals surface area contributed by atoms with Gasteiger partial charge in [0.1, 0.15) is 11.5 Å². The molecule has 0 spiro atoms. The maximum absolute atomic E-state index is 5.75. The molecule has 0 aromatic heterocycles. The summed E-state index contributed by atoms with van der Waals surface area (Å²) in [5.74, 6) is 1.62. The molecule has 0 unspecified atom stereocenters. The number of rotatable bonds is 7. The largest absolute Gasteiger partial charge is 0.497 e. The Morgan fingerprint density at radius 1 is 0.862 bits per heavy atom. The van der Waals surface area contributed by atoms with Gasteiger partial charge in [-0.2, -0.15) is 0 Å². The summed E-state index contributed by atoms with van der Waals surface area (Å²) in [6, 6.07) is 24.1. The maximum Gasteiger partial charge on any atom is 0.174 e. The quantitative estimate of drug-likeness (QED) is 0.437. The zero-order chi connectivity index (χ0) is 20.6. The highest BCUT2D eigenvalue weighted by Gasteiger charge is 2.12. The molecule has 0 fully saturated rings.